The standard InChI is InChI=1S/C18H19FN2O3/c1-3-16(13-8-10-14(23-2)11-9-13)20-21-18(22)12-24-17-7-5-4-6-15(17)19/h4-11H,3,12H2,1-2H3,(H,21,22)/b20-16-. The fourth-order valence-electron chi connectivity index (χ4n) is 2.00. The smallest absolute Gasteiger partial charge is 0.277 e. The molecule has 2 rings (SSSR count). The van der Waals surface area contributed by atoms with Crippen molar-refractivity contribution in [1.82, 2.24) is 5.43 Å². The van der Waals surface area contributed by atoms with Crippen LogP contribution in [-0.4, -0.2) is 25.3 Å². The summed E-state index contributed by atoms with van der Waals surface area (Å²) in [5, 5.41) is 4.11. The molecule has 0 aliphatic carbocycles. The molecule has 1 amide bonds. The number of benzene rings is 2. The minimum Gasteiger partial charge on any atom is -0.497 e. The SMILES string of the molecule is CC/C(=N/NC(=O)COc1ccccc1F)c1ccc(OC)cc1. The predicted molar refractivity (Wildman–Crippen MR) is 89.9 cm³/mol. The molecule has 0 radical (unpaired) electrons. The first-order valence-electron chi connectivity index (χ1n) is 7.51. The predicted octanol–water partition coefficient (Wildman–Crippen LogP) is 3.14. The van der Waals surface area contributed by atoms with Gasteiger partial charge in [-0.3, -0.25) is 4.79 Å². The Morgan fingerprint density at radius 1 is 1.17 bits per heavy atom. The number of ether oxygens (including phenoxy) is 2. The number of halogens is 1. The van der Waals surface area contributed by atoms with Crippen LogP contribution in [0.15, 0.2) is 53.6 Å². The third-order valence-corrected chi connectivity index (χ3v) is 3.27. The van der Waals surface area contributed by atoms with Crippen LogP contribution in [0.3, 0.4) is 0 Å². The number of hydrogen-bond donors (Lipinski definition) is 1. The Morgan fingerprint density at radius 3 is 2.50 bits per heavy atom. The lowest BCUT2D eigenvalue weighted by atomic mass is 10.1. The van der Waals surface area contributed by atoms with E-state index in [4.69, 9.17) is 9.47 Å². The van der Waals surface area contributed by atoms with Gasteiger partial charge in [0.1, 0.15) is 5.75 Å². The summed E-state index contributed by atoms with van der Waals surface area (Å²) in [6, 6.07) is 13.3. The molecule has 2 aromatic carbocycles. The van der Waals surface area contributed by atoms with Crippen LogP contribution in [0.4, 0.5) is 4.39 Å². The largest absolute Gasteiger partial charge is 0.497 e. The van der Waals surface area contributed by atoms with Crippen molar-refractivity contribution < 1.29 is 18.7 Å². The molecule has 2 aromatic rings. The van der Waals surface area contributed by atoms with E-state index in [1.807, 2.05) is 31.2 Å². The van der Waals surface area contributed by atoms with Gasteiger partial charge in [0, 0.05) is 0 Å². The topological polar surface area (TPSA) is 59.9 Å². The summed E-state index contributed by atoms with van der Waals surface area (Å²) < 4.78 is 23.6. The van der Waals surface area contributed by atoms with Crippen molar-refractivity contribution in [1.29, 1.82) is 0 Å². The van der Waals surface area contributed by atoms with Crippen molar-refractivity contribution in [3.63, 3.8) is 0 Å². The van der Waals surface area contributed by atoms with Crippen LogP contribution in [0.2, 0.25) is 0 Å². The highest BCUT2D eigenvalue weighted by molar-refractivity contribution is 6.01. The van der Waals surface area contributed by atoms with Gasteiger partial charge in [-0.2, -0.15) is 5.10 Å². The molecule has 0 bridgehead atoms. The number of carbonyl (C=O) groups is 1. The number of hydrogen-bond acceptors (Lipinski definition) is 4. The van der Waals surface area contributed by atoms with Crippen molar-refractivity contribution in [3.8, 4) is 11.5 Å². The lowest BCUT2D eigenvalue weighted by Gasteiger charge is -2.08. The van der Waals surface area contributed by atoms with E-state index in [9.17, 15) is 9.18 Å². The van der Waals surface area contributed by atoms with Crippen molar-refractivity contribution in [3.05, 3.63) is 59.9 Å². The molecular weight excluding hydrogens is 311 g/mol. The van der Waals surface area contributed by atoms with Gasteiger partial charge in [-0.25, -0.2) is 9.82 Å². The van der Waals surface area contributed by atoms with Gasteiger partial charge in [0.2, 0.25) is 0 Å². The monoisotopic (exact) mass is 330 g/mol. The maximum atomic E-state index is 13.4. The Morgan fingerprint density at radius 2 is 1.88 bits per heavy atom. The van der Waals surface area contributed by atoms with Crippen LogP contribution in [0.25, 0.3) is 0 Å². The summed E-state index contributed by atoms with van der Waals surface area (Å²) in [5.74, 6) is -0.196. The second-order valence-electron chi connectivity index (χ2n) is 4.89. The molecule has 0 unspecified atom stereocenters. The number of hydrazone groups is 1. The number of methoxy groups -OCH3 is 1. The molecule has 6 heteroatoms. The summed E-state index contributed by atoms with van der Waals surface area (Å²) in [7, 11) is 1.60. The normalized spacial score (nSPS) is 11.0. The molecule has 0 aliphatic rings. The molecule has 0 aliphatic heterocycles. The highest BCUT2D eigenvalue weighted by atomic mass is 19.1. The molecule has 0 saturated heterocycles. The fraction of sp³-hybridized carbons (Fsp3) is 0.222. The van der Waals surface area contributed by atoms with Gasteiger partial charge >= 0.3 is 0 Å². The zero-order valence-electron chi connectivity index (χ0n) is 13.6. The molecule has 0 saturated carbocycles. The van der Waals surface area contributed by atoms with E-state index in [1.165, 1.54) is 12.1 Å². The first-order chi connectivity index (χ1) is 11.6. The van der Waals surface area contributed by atoms with Crippen molar-refractivity contribution in [2.45, 2.75) is 13.3 Å². The summed E-state index contributed by atoms with van der Waals surface area (Å²) in [6.45, 7) is 1.62. The van der Waals surface area contributed by atoms with Crippen LogP contribution >= 0.6 is 0 Å². The third-order valence-electron chi connectivity index (χ3n) is 3.27. The molecule has 0 heterocycles. The van der Waals surface area contributed by atoms with Gasteiger partial charge in [-0.15, -0.1) is 0 Å². The summed E-state index contributed by atoms with van der Waals surface area (Å²) >= 11 is 0. The van der Waals surface area contributed by atoms with Crippen LogP contribution < -0.4 is 14.9 Å². The van der Waals surface area contributed by atoms with E-state index in [1.54, 1.807) is 19.2 Å². The molecule has 24 heavy (non-hydrogen) atoms. The summed E-state index contributed by atoms with van der Waals surface area (Å²) in [6.07, 6.45) is 0.640. The lowest BCUT2D eigenvalue weighted by molar-refractivity contribution is -0.123. The van der Waals surface area contributed by atoms with Crippen molar-refractivity contribution in [2.75, 3.05) is 13.7 Å². The second kappa shape index (κ2) is 8.67. The number of nitrogens with zero attached hydrogens (tertiary/aromatic N) is 1. The lowest BCUT2D eigenvalue weighted by Crippen LogP contribution is -2.26. The van der Waals surface area contributed by atoms with E-state index in [0.29, 0.717) is 6.42 Å². The van der Waals surface area contributed by atoms with Gasteiger partial charge < -0.3 is 9.47 Å². The Hall–Kier alpha value is -2.89. The Balaban J connectivity index is 1.94. The number of para-hydroxylation sites is 1. The number of rotatable bonds is 7. The Kier molecular flexibility index (Phi) is 6.31. The van der Waals surface area contributed by atoms with E-state index in [-0.39, 0.29) is 12.4 Å². The van der Waals surface area contributed by atoms with Gasteiger partial charge in [0.25, 0.3) is 5.91 Å². The van der Waals surface area contributed by atoms with E-state index >= 15 is 0 Å². The van der Waals surface area contributed by atoms with Crippen LogP contribution in [0.1, 0.15) is 18.9 Å². The van der Waals surface area contributed by atoms with Gasteiger partial charge in [-0.1, -0.05) is 19.1 Å². The third kappa shape index (κ3) is 4.81. The fourth-order valence-corrected chi connectivity index (χ4v) is 2.00. The quantitative estimate of drug-likeness (QED) is 0.627. The number of nitrogens with one attached hydrogen (secondary N) is 1. The number of amides is 1. The van der Waals surface area contributed by atoms with Crippen LogP contribution in [0, 0.1) is 5.82 Å². The van der Waals surface area contributed by atoms with Gasteiger partial charge in [0.05, 0.1) is 12.8 Å². The Bertz CT molecular complexity index is 714. The van der Waals surface area contributed by atoms with Crippen molar-refractivity contribution >= 4 is 11.6 Å². The first-order valence-corrected chi connectivity index (χ1v) is 7.51. The number of carbonyl (C=O) groups excluding carboxylic acids is 1. The van der Waals surface area contributed by atoms with Gasteiger partial charge in [0.15, 0.2) is 18.2 Å². The maximum absolute atomic E-state index is 13.4. The average molecular weight is 330 g/mol. The average Bonchev–Trinajstić information content (AvgIpc) is 2.62. The molecule has 0 fully saturated rings. The zero-order chi connectivity index (χ0) is 17.4. The summed E-state index contributed by atoms with van der Waals surface area (Å²) in [4.78, 5) is 11.8. The van der Waals surface area contributed by atoms with Crippen LogP contribution in [0.5, 0.6) is 11.5 Å². The van der Waals surface area contributed by atoms with Gasteiger partial charge in [-0.05, 0) is 48.4 Å². The molecule has 0 aromatic heterocycles. The molecule has 126 valence electrons. The molecule has 5 nitrogen and oxygen atoms in total. The van der Waals surface area contributed by atoms with E-state index in [0.717, 1.165) is 17.0 Å². The van der Waals surface area contributed by atoms with E-state index in [2.05, 4.69) is 10.5 Å². The first kappa shape index (κ1) is 17.5. The van der Waals surface area contributed by atoms with E-state index < -0.39 is 11.7 Å². The minimum absolute atomic E-state index is 0.0301. The van der Waals surface area contributed by atoms with Crippen molar-refractivity contribution in [2.24, 2.45) is 5.10 Å². The second-order valence-corrected chi connectivity index (χ2v) is 4.89. The summed E-state index contributed by atoms with van der Waals surface area (Å²) in [5.41, 5.74) is 4.02. The molecule has 0 spiro atoms. The molecule has 1 N–H and O–H groups in total. The minimum atomic E-state index is -0.513. The highest BCUT2D eigenvalue weighted by Crippen LogP contribution is 2.15. The molecular formula is C18H19FN2O3. The van der Waals surface area contributed by atoms with Crippen LogP contribution in [-0.2, 0) is 4.79 Å². The maximum Gasteiger partial charge on any atom is 0.277 e. The zero-order valence-corrected chi connectivity index (χ0v) is 13.6. The Labute approximate surface area is 140 Å². The molecule has 0 atom stereocenters. The highest BCUT2D eigenvalue weighted by Gasteiger charge is 2.07.